The van der Waals surface area contributed by atoms with Gasteiger partial charge in [0, 0.05) is 10.8 Å². The molecule has 1 aliphatic heterocycles. The number of nitrogens with one attached hydrogen (secondary N) is 1. The number of carbonyl (C=O) groups excluding carboxylic acids is 2. The number of halogens is 1. The molecular formula is C22H29BClNO8. The lowest BCUT2D eigenvalue weighted by atomic mass is 9.76. The molecule has 1 fully saturated rings. The van der Waals surface area contributed by atoms with Crippen LogP contribution < -0.4 is 10.8 Å². The zero-order chi connectivity index (χ0) is 24.9. The molecule has 2 N–H and O–H groups in total. The second-order valence-electron chi connectivity index (χ2n) is 9.83. The number of aromatic hydroxyl groups is 1. The summed E-state index contributed by atoms with van der Waals surface area (Å²) in [4.78, 5) is 24.7. The molecule has 3 rings (SSSR count). The topological polar surface area (TPSA) is 116 Å². The highest BCUT2D eigenvalue weighted by Crippen LogP contribution is 2.40. The van der Waals surface area contributed by atoms with Gasteiger partial charge in [-0.05, 0) is 54.5 Å². The molecule has 9 nitrogen and oxygen atoms in total. The number of alkyl carbamates (subject to hydrolysis) is 1. The van der Waals surface area contributed by atoms with E-state index in [1.165, 1.54) is 13.2 Å². The number of ether oxygens (including phenoxy) is 2. The van der Waals surface area contributed by atoms with Crippen LogP contribution in [0.25, 0.3) is 11.0 Å². The van der Waals surface area contributed by atoms with Crippen molar-refractivity contribution in [3.05, 3.63) is 22.4 Å². The Morgan fingerprint density at radius 1 is 1.18 bits per heavy atom. The Labute approximate surface area is 197 Å². The molecular weight excluding hydrogens is 453 g/mol. The molecule has 0 atom stereocenters. The van der Waals surface area contributed by atoms with Gasteiger partial charge in [0.1, 0.15) is 16.9 Å². The number of fused-ring (bicyclic) bond motifs is 1. The van der Waals surface area contributed by atoms with E-state index >= 15 is 0 Å². The van der Waals surface area contributed by atoms with E-state index in [4.69, 9.17) is 34.8 Å². The van der Waals surface area contributed by atoms with Gasteiger partial charge in [-0.15, -0.1) is 0 Å². The number of hydrogen-bond acceptors (Lipinski definition) is 8. The average Bonchev–Trinajstić information content (AvgIpc) is 3.11. The monoisotopic (exact) mass is 481 g/mol. The Morgan fingerprint density at radius 3 is 2.27 bits per heavy atom. The maximum Gasteiger partial charge on any atom is 0.499 e. The van der Waals surface area contributed by atoms with Crippen LogP contribution in [0, 0.1) is 0 Å². The van der Waals surface area contributed by atoms with Crippen LogP contribution in [0.5, 0.6) is 5.75 Å². The molecule has 2 aromatic rings. The van der Waals surface area contributed by atoms with E-state index in [1.807, 2.05) is 27.7 Å². The molecule has 1 aromatic carbocycles. The van der Waals surface area contributed by atoms with Crippen molar-refractivity contribution in [3.63, 3.8) is 0 Å². The van der Waals surface area contributed by atoms with Gasteiger partial charge >= 0.3 is 19.2 Å². The van der Waals surface area contributed by atoms with Crippen LogP contribution in [0.2, 0.25) is 5.02 Å². The van der Waals surface area contributed by atoms with Gasteiger partial charge < -0.3 is 33.6 Å². The third-order valence-corrected chi connectivity index (χ3v) is 5.98. The van der Waals surface area contributed by atoms with Gasteiger partial charge in [-0.25, -0.2) is 9.59 Å². The van der Waals surface area contributed by atoms with Crippen molar-refractivity contribution in [3.8, 4) is 5.75 Å². The Morgan fingerprint density at radius 2 is 1.76 bits per heavy atom. The number of furan rings is 1. The SMILES string of the molecule is COC(=O)c1c(O)c(Cl)cc2c(B3OC(C)(C)C(C)(C)O3)c(CNC(=O)OC(C)(C)C)oc12. The maximum atomic E-state index is 12.4. The van der Waals surface area contributed by atoms with Gasteiger partial charge in [-0.2, -0.15) is 0 Å². The molecule has 1 saturated heterocycles. The third-order valence-electron chi connectivity index (χ3n) is 5.69. The first-order valence-corrected chi connectivity index (χ1v) is 10.8. The fourth-order valence-electron chi connectivity index (χ4n) is 3.37. The van der Waals surface area contributed by atoms with Gasteiger partial charge in [0.25, 0.3) is 0 Å². The second-order valence-corrected chi connectivity index (χ2v) is 10.2. The zero-order valence-corrected chi connectivity index (χ0v) is 20.8. The van der Waals surface area contributed by atoms with Crippen LogP contribution in [0.3, 0.4) is 0 Å². The maximum absolute atomic E-state index is 12.4. The Kier molecular flexibility index (Phi) is 6.43. The minimum absolute atomic E-state index is 0.0365. The molecule has 1 amide bonds. The van der Waals surface area contributed by atoms with Crippen molar-refractivity contribution < 1.29 is 37.9 Å². The standard InChI is InChI=1S/C22H29BClNO8/c1-20(2,3)31-19(28)25-10-13-15(23-32-21(4,5)22(6,7)33-23)11-9-12(24)16(26)14(17(11)30-13)18(27)29-8/h9,26H,10H2,1-8H3,(H,25,28). The number of methoxy groups -OCH3 is 1. The number of carbonyl (C=O) groups is 2. The number of benzene rings is 1. The molecule has 1 aliphatic rings. The number of amides is 1. The third kappa shape index (κ3) is 4.78. The van der Waals surface area contributed by atoms with Crippen molar-refractivity contribution in [2.75, 3.05) is 7.11 Å². The second kappa shape index (κ2) is 8.41. The van der Waals surface area contributed by atoms with Gasteiger partial charge in [0.15, 0.2) is 11.3 Å². The molecule has 33 heavy (non-hydrogen) atoms. The van der Waals surface area contributed by atoms with E-state index in [9.17, 15) is 14.7 Å². The van der Waals surface area contributed by atoms with E-state index < -0.39 is 41.7 Å². The van der Waals surface area contributed by atoms with E-state index in [2.05, 4.69) is 5.32 Å². The predicted molar refractivity (Wildman–Crippen MR) is 123 cm³/mol. The molecule has 2 heterocycles. The van der Waals surface area contributed by atoms with E-state index in [0.29, 0.717) is 10.8 Å². The highest BCUT2D eigenvalue weighted by atomic mass is 35.5. The quantitative estimate of drug-likeness (QED) is 0.499. The smallest absolute Gasteiger partial charge is 0.499 e. The summed E-state index contributed by atoms with van der Waals surface area (Å²) in [6.07, 6.45) is -0.656. The van der Waals surface area contributed by atoms with E-state index in [0.717, 1.165) is 0 Å². The number of phenols is 1. The Hall–Kier alpha value is -2.43. The van der Waals surface area contributed by atoms with Crippen LogP contribution >= 0.6 is 11.6 Å². The van der Waals surface area contributed by atoms with Crippen LogP contribution in [0.4, 0.5) is 4.79 Å². The molecule has 0 bridgehead atoms. The minimum atomic E-state index is -0.891. The summed E-state index contributed by atoms with van der Waals surface area (Å²) in [5, 5.41) is 13.4. The average molecular weight is 482 g/mol. The highest BCUT2D eigenvalue weighted by Gasteiger charge is 2.53. The van der Waals surface area contributed by atoms with Crippen LogP contribution in [-0.4, -0.2) is 48.2 Å². The molecule has 180 valence electrons. The Bertz CT molecular complexity index is 1090. The van der Waals surface area contributed by atoms with Crippen molar-refractivity contribution in [1.29, 1.82) is 0 Å². The van der Waals surface area contributed by atoms with Crippen molar-refractivity contribution in [2.24, 2.45) is 0 Å². The summed E-state index contributed by atoms with van der Waals surface area (Å²) >= 11 is 6.22. The van der Waals surface area contributed by atoms with Crippen molar-refractivity contribution >= 4 is 47.2 Å². The fourth-order valence-corrected chi connectivity index (χ4v) is 3.57. The number of esters is 1. The molecule has 0 unspecified atom stereocenters. The summed E-state index contributed by atoms with van der Waals surface area (Å²) < 4.78 is 28.5. The molecule has 0 spiro atoms. The van der Waals surface area contributed by atoms with Crippen molar-refractivity contribution in [1.82, 2.24) is 5.32 Å². The highest BCUT2D eigenvalue weighted by molar-refractivity contribution is 6.66. The lowest BCUT2D eigenvalue weighted by molar-refractivity contribution is 0.00578. The summed E-state index contributed by atoms with van der Waals surface area (Å²) in [7, 11) is 0.287. The lowest BCUT2D eigenvalue weighted by Crippen LogP contribution is -2.41. The number of phenolic OH excluding ortho intramolecular Hbond substituents is 1. The molecule has 11 heteroatoms. The van der Waals surface area contributed by atoms with Crippen LogP contribution in [-0.2, 0) is 25.3 Å². The lowest BCUT2D eigenvalue weighted by Gasteiger charge is -2.32. The largest absolute Gasteiger partial charge is 0.505 e. The summed E-state index contributed by atoms with van der Waals surface area (Å²) in [5.74, 6) is -1.06. The summed E-state index contributed by atoms with van der Waals surface area (Å²) in [6, 6.07) is 1.46. The first-order valence-electron chi connectivity index (χ1n) is 10.5. The van der Waals surface area contributed by atoms with E-state index in [1.54, 1.807) is 20.8 Å². The Balaban J connectivity index is 2.15. The molecule has 0 aliphatic carbocycles. The van der Waals surface area contributed by atoms with Gasteiger partial charge in [-0.1, -0.05) is 11.6 Å². The molecule has 1 aromatic heterocycles. The first kappa shape index (κ1) is 25.2. The minimum Gasteiger partial charge on any atom is -0.505 e. The van der Waals surface area contributed by atoms with E-state index in [-0.39, 0.29) is 28.5 Å². The normalized spacial score (nSPS) is 17.3. The van der Waals surface area contributed by atoms with Gasteiger partial charge in [-0.3, -0.25) is 0 Å². The fraction of sp³-hybridized carbons (Fsp3) is 0.545. The number of hydrogen-bond donors (Lipinski definition) is 2. The van der Waals surface area contributed by atoms with Gasteiger partial charge in [0.05, 0.1) is 29.9 Å². The summed E-state index contributed by atoms with van der Waals surface area (Å²) in [5.41, 5.74) is -1.78. The molecule has 0 radical (unpaired) electrons. The molecule has 0 saturated carbocycles. The van der Waals surface area contributed by atoms with Gasteiger partial charge in [0.2, 0.25) is 0 Å². The van der Waals surface area contributed by atoms with Crippen molar-refractivity contribution in [2.45, 2.75) is 71.8 Å². The number of rotatable bonds is 4. The predicted octanol–water partition coefficient (Wildman–Crippen LogP) is 3.90. The summed E-state index contributed by atoms with van der Waals surface area (Å²) in [6.45, 7) is 12.7. The van der Waals surface area contributed by atoms with Crippen LogP contribution in [0.15, 0.2) is 10.5 Å². The zero-order valence-electron chi connectivity index (χ0n) is 20.0. The van der Waals surface area contributed by atoms with Crippen LogP contribution in [0.1, 0.15) is 64.6 Å². The first-order chi connectivity index (χ1) is 15.1.